The van der Waals surface area contributed by atoms with E-state index in [1.54, 1.807) is 54.6 Å². The summed E-state index contributed by atoms with van der Waals surface area (Å²) in [6, 6.07) is 15.6. The van der Waals surface area contributed by atoms with Crippen LogP contribution in [0.3, 0.4) is 0 Å². The van der Waals surface area contributed by atoms with E-state index in [9.17, 15) is 15.2 Å². The maximum atomic E-state index is 10.6. The van der Waals surface area contributed by atoms with Gasteiger partial charge in [0.15, 0.2) is 17.6 Å². The Morgan fingerprint density at radius 2 is 1.70 bits per heavy atom. The van der Waals surface area contributed by atoms with E-state index in [0.29, 0.717) is 23.3 Å². The number of ether oxygens (including phenoxy) is 2. The average Bonchev–Trinajstić information content (AvgIpc) is 2.53. The number of hydrogen-bond acceptors (Lipinski definition) is 5. The summed E-state index contributed by atoms with van der Waals surface area (Å²) < 4.78 is 10.9. The molecule has 0 fully saturated rings. The number of para-hydroxylation sites is 2. The zero-order valence-electron chi connectivity index (χ0n) is 11.9. The molecule has 23 heavy (non-hydrogen) atoms. The van der Waals surface area contributed by atoms with Crippen molar-refractivity contribution in [1.29, 1.82) is 0 Å². The number of benzene rings is 2. The Bertz CT molecular complexity index is 675. The summed E-state index contributed by atoms with van der Waals surface area (Å²) in [7, 11) is 1.49. The van der Waals surface area contributed by atoms with Crippen LogP contribution in [-0.2, 0) is 0 Å². The van der Waals surface area contributed by atoms with Crippen LogP contribution < -0.4 is 9.47 Å². The SMILES string of the molecule is COc1ccccc1OC(C(O)=C[N+](=O)[O-])c1ccccc1.[NaH]. The topological polar surface area (TPSA) is 81.8 Å². The van der Waals surface area contributed by atoms with Crippen molar-refractivity contribution in [3.05, 3.63) is 82.2 Å². The van der Waals surface area contributed by atoms with Gasteiger partial charge in [-0.05, 0) is 12.1 Å². The number of rotatable bonds is 6. The van der Waals surface area contributed by atoms with E-state index >= 15 is 0 Å². The fourth-order valence-electron chi connectivity index (χ4n) is 1.95. The molecule has 2 rings (SSSR count). The number of hydrogen-bond donors (Lipinski definition) is 1. The summed E-state index contributed by atoms with van der Waals surface area (Å²) in [6.07, 6.45) is -0.476. The van der Waals surface area contributed by atoms with Crippen molar-refractivity contribution in [2.45, 2.75) is 6.10 Å². The Morgan fingerprint density at radius 1 is 1.13 bits per heavy atom. The normalized spacial score (nSPS) is 12.0. The van der Waals surface area contributed by atoms with Crippen molar-refractivity contribution in [2.75, 3.05) is 7.11 Å². The second kappa shape index (κ2) is 9.19. The molecule has 1 N–H and O–H groups in total. The van der Waals surface area contributed by atoms with Gasteiger partial charge >= 0.3 is 29.6 Å². The second-order valence-electron chi connectivity index (χ2n) is 4.40. The van der Waals surface area contributed by atoms with E-state index in [1.807, 2.05) is 0 Å². The fraction of sp³-hybridized carbons (Fsp3) is 0.125. The second-order valence-corrected chi connectivity index (χ2v) is 4.40. The third-order valence-corrected chi connectivity index (χ3v) is 2.92. The number of nitrogens with zero attached hydrogens (tertiary/aromatic N) is 1. The molecule has 0 radical (unpaired) electrons. The van der Waals surface area contributed by atoms with Crippen molar-refractivity contribution >= 4 is 29.6 Å². The fourth-order valence-corrected chi connectivity index (χ4v) is 1.95. The molecule has 0 bridgehead atoms. The Morgan fingerprint density at radius 3 is 2.26 bits per heavy atom. The molecule has 0 saturated carbocycles. The van der Waals surface area contributed by atoms with Gasteiger partial charge in [0.25, 0.3) is 6.20 Å². The van der Waals surface area contributed by atoms with Crippen LogP contribution in [0.25, 0.3) is 0 Å². The van der Waals surface area contributed by atoms with Crippen LogP contribution in [0.5, 0.6) is 11.5 Å². The summed E-state index contributed by atoms with van der Waals surface area (Å²) in [5.41, 5.74) is 0.587. The third-order valence-electron chi connectivity index (χ3n) is 2.92. The van der Waals surface area contributed by atoms with E-state index < -0.39 is 16.8 Å². The van der Waals surface area contributed by atoms with E-state index in [4.69, 9.17) is 9.47 Å². The van der Waals surface area contributed by atoms with Gasteiger partial charge in [0.05, 0.1) is 12.0 Å². The molecule has 116 valence electrons. The first kappa shape index (κ1) is 19.0. The summed E-state index contributed by atoms with van der Waals surface area (Å²) >= 11 is 0. The van der Waals surface area contributed by atoms with Gasteiger partial charge in [-0.15, -0.1) is 0 Å². The molecule has 7 heteroatoms. The molecule has 0 aliphatic carbocycles. The Kier molecular flexibility index (Phi) is 7.61. The first-order valence-electron chi connectivity index (χ1n) is 6.50. The molecule has 1 unspecified atom stereocenters. The van der Waals surface area contributed by atoms with Gasteiger partial charge in [-0.2, -0.15) is 0 Å². The van der Waals surface area contributed by atoms with Crippen molar-refractivity contribution in [3.63, 3.8) is 0 Å². The van der Waals surface area contributed by atoms with Gasteiger partial charge < -0.3 is 14.6 Å². The monoisotopic (exact) mass is 325 g/mol. The number of nitro groups is 1. The maximum absolute atomic E-state index is 10.6. The molecule has 0 aliphatic heterocycles. The van der Waals surface area contributed by atoms with Gasteiger partial charge in [-0.25, -0.2) is 0 Å². The Balaban J connectivity index is 0.00000264. The van der Waals surface area contributed by atoms with Crippen LogP contribution in [0.4, 0.5) is 0 Å². The number of aliphatic hydroxyl groups excluding tert-OH is 1. The molecular weight excluding hydrogens is 309 g/mol. The molecule has 0 saturated heterocycles. The molecule has 0 spiro atoms. The molecule has 0 aliphatic rings. The molecule has 1 atom stereocenters. The average molecular weight is 325 g/mol. The van der Waals surface area contributed by atoms with E-state index in [-0.39, 0.29) is 29.6 Å². The van der Waals surface area contributed by atoms with Gasteiger partial charge in [0.2, 0.25) is 5.76 Å². The first-order valence-corrected chi connectivity index (χ1v) is 6.50. The van der Waals surface area contributed by atoms with Crippen LogP contribution >= 0.6 is 0 Å². The minimum atomic E-state index is -0.997. The first-order chi connectivity index (χ1) is 10.6. The van der Waals surface area contributed by atoms with Crippen LogP contribution in [0.2, 0.25) is 0 Å². The molecule has 0 heterocycles. The van der Waals surface area contributed by atoms with E-state index in [0.717, 1.165) is 0 Å². The van der Waals surface area contributed by atoms with Crippen LogP contribution in [-0.4, -0.2) is 46.7 Å². The Hall–Kier alpha value is -2.02. The summed E-state index contributed by atoms with van der Waals surface area (Å²) in [5, 5.41) is 20.6. The standard InChI is InChI=1S/C16H15NO5.Na.H/c1-21-14-9-5-6-10-15(14)22-16(13(18)11-17(19)20)12-7-3-2-4-8-12;;/h2-11,16,18H,1H3;;. The van der Waals surface area contributed by atoms with Crippen LogP contribution in [0, 0.1) is 10.1 Å². The van der Waals surface area contributed by atoms with Crippen LogP contribution in [0.1, 0.15) is 11.7 Å². The Labute approximate surface area is 155 Å². The third kappa shape index (κ3) is 5.28. The van der Waals surface area contributed by atoms with Crippen molar-refractivity contribution in [1.82, 2.24) is 0 Å². The van der Waals surface area contributed by atoms with Gasteiger partial charge in [-0.1, -0.05) is 42.5 Å². The summed E-state index contributed by atoms with van der Waals surface area (Å²) in [6.45, 7) is 0. The van der Waals surface area contributed by atoms with Gasteiger partial charge in [0, 0.05) is 5.56 Å². The minimum absolute atomic E-state index is 0. The van der Waals surface area contributed by atoms with Crippen LogP contribution in [0.15, 0.2) is 66.6 Å². The summed E-state index contributed by atoms with van der Waals surface area (Å²) in [4.78, 5) is 9.88. The van der Waals surface area contributed by atoms with E-state index in [2.05, 4.69) is 0 Å². The molecule has 6 nitrogen and oxygen atoms in total. The quantitative estimate of drug-likeness (QED) is 0.382. The van der Waals surface area contributed by atoms with Gasteiger partial charge in [0.1, 0.15) is 0 Å². The molecule has 2 aromatic carbocycles. The van der Waals surface area contributed by atoms with Crippen molar-refractivity contribution in [3.8, 4) is 11.5 Å². The van der Waals surface area contributed by atoms with E-state index in [1.165, 1.54) is 7.11 Å². The molecular formula is C16H16NNaO5. The zero-order valence-corrected chi connectivity index (χ0v) is 11.9. The molecule has 0 amide bonds. The number of aliphatic hydroxyl groups is 1. The number of methoxy groups -OCH3 is 1. The predicted molar refractivity (Wildman–Crippen MR) is 87.7 cm³/mol. The molecule has 0 aromatic heterocycles. The van der Waals surface area contributed by atoms with Gasteiger partial charge in [-0.3, -0.25) is 10.1 Å². The summed E-state index contributed by atoms with van der Waals surface area (Å²) in [5.74, 6) is 0.349. The molecule has 2 aromatic rings. The van der Waals surface area contributed by atoms with Crippen molar-refractivity contribution in [2.24, 2.45) is 0 Å². The zero-order chi connectivity index (χ0) is 15.9. The predicted octanol–water partition coefficient (Wildman–Crippen LogP) is 2.84. The van der Waals surface area contributed by atoms with Crippen molar-refractivity contribution < 1.29 is 19.5 Å².